The van der Waals surface area contributed by atoms with Crippen LogP contribution in [0.2, 0.25) is 0 Å². The van der Waals surface area contributed by atoms with E-state index in [1.54, 1.807) is 12.1 Å². The second-order valence-corrected chi connectivity index (χ2v) is 4.59. The van der Waals surface area contributed by atoms with Crippen molar-refractivity contribution in [2.75, 3.05) is 0 Å². The summed E-state index contributed by atoms with van der Waals surface area (Å²) >= 11 is 0. The van der Waals surface area contributed by atoms with Crippen molar-refractivity contribution in [3.63, 3.8) is 0 Å². The van der Waals surface area contributed by atoms with Gasteiger partial charge in [0, 0.05) is 0 Å². The molecule has 0 saturated carbocycles. The van der Waals surface area contributed by atoms with Crippen LogP contribution in [-0.4, -0.2) is 9.97 Å². The first kappa shape index (κ1) is 14.2. The fourth-order valence-electron chi connectivity index (χ4n) is 2.12. The van der Waals surface area contributed by atoms with E-state index < -0.39 is 29.2 Å². The summed E-state index contributed by atoms with van der Waals surface area (Å²) in [4.78, 5) is 18.3. The molecule has 3 aromatic rings. The lowest BCUT2D eigenvalue weighted by atomic mass is 10.1. The largest absolute Gasteiger partial charge is 0.306 e. The van der Waals surface area contributed by atoms with Crippen molar-refractivity contribution in [2.45, 2.75) is 6.43 Å². The lowest BCUT2D eigenvalue weighted by Crippen LogP contribution is -2.10. The van der Waals surface area contributed by atoms with Gasteiger partial charge in [-0.25, -0.2) is 22.5 Å². The van der Waals surface area contributed by atoms with Gasteiger partial charge in [-0.3, -0.25) is 4.79 Å². The predicted octanol–water partition coefficient (Wildman–Crippen LogP) is 3.81. The number of alkyl halides is 2. The smallest absolute Gasteiger partial charge is 0.266 e. The number of hydrogen-bond acceptors (Lipinski definition) is 2. The van der Waals surface area contributed by atoms with E-state index in [-0.39, 0.29) is 16.8 Å². The molecule has 0 bridgehead atoms. The number of H-pyrrole nitrogens is 1. The van der Waals surface area contributed by atoms with Crippen LogP contribution in [0.4, 0.5) is 17.6 Å². The van der Waals surface area contributed by atoms with Gasteiger partial charge in [-0.1, -0.05) is 12.1 Å². The summed E-state index contributed by atoms with van der Waals surface area (Å²) in [5.41, 5.74) is -1.66. The molecule has 0 aliphatic heterocycles. The van der Waals surface area contributed by atoms with E-state index in [1.165, 1.54) is 12.1 Å². The first-order valence-corrected chi connectivity index (χ1v) is 6.24. The van der Waals surface area contributed by atoms with E-state index in [2.05, 4.69) is 9.97 Å². The molecule has 0 fully saturated rings. The third-order valence-corrected chi connectivity index (χ3v) is 3.19. The van der Waals surface area contributed by atoms with Crippen LogP contribution in [-0.2, 0) is 0 Å². The number of rotatable bonds is 2. The molecule has 1 aromatic heterocycles. The van der Waals surface area contributed by atoms with Crippen molar-refractivity contribution < 1.29 is 17.6 Å². The van der Waals surface area contributed by atoms with Gasteiger partial charge in [0.2, 0.25) is 0 Å². The fourth-order valence-corrected chi connectivity index (χ4v) is 2.12. The van der Waals surface area contributed by atoms with Crippen molar-refractivity contribution in [1.82, 2.24) is 9.97 Å². The maximum Gasteiger partial charge on any atom is 0.266 e. The maximum atomic E-state index is 13.9. The van der Waals surface area contributed by atoms with Gasteiger partial charge in [0.05, 0.1) is 22.0 Å². The van der Waals surface area contributed by atoms with E-state index in [1.807, 2.05) is 0 Å². The summed E-state index contributed by atoms with van der Waals surface area (Å²) in [7, 11) is 0. The third kappa shape index (κ3) is 2.34. The Kier molecular flexibility index (Phi) is 3.40. The molecular weight excluding hydrogens is 300 g/mol. The van der Waals surface area contributed by atoms with Crippen molar-refractivity contribution in [3.05, 3.63) is 63.9 Å². The zero-order valence-corrected chi connectivity index (χ0v) is 10.9. The number of aromatic amines is 1. The van der Waals surface area contributed by atoms with Crippen LogP contribution in [0.25, 0.3) is 22.3 Å². The normalized spacial score (nSPS) is 11.3. The molecule has 1 heterocycles. The van der Waals surface area contributed by atoms with Gasteiger partial charge in [0.25, 0.3) is 12.0 Å². The molecule has 1 N–H and O–H groups in total. The Bertz CT molecular complexity index is 921. The molecule has 0 atom stereocenters. The van der Waals surface area contributed by atoms with E-state index in [4.69, 9.17) is 0 Å². The molecule has 2 aromatic carbocycles. The molecule has 0 radical (unpaired) electrons. The van der Waals surface area contributed by atoms with Crippen molar-refractivity contribution >= 4 is 10.9 Å². The lowest BCUT2D eigenvalue weighted by Gasteiger charge is -2.08. The SMILES string of the molecule is O=c1[nH]c(-c2cc(F)c(C(F)F)cc2F)nc2ccccc12. The van der Waals surface area contributed by atoms with Gasteiger partial charge in [0.1, 0.15) is 17.5 Å². The molecule has 0 spiro atoms. The number of aromatic nitrogens is 2. The number of para-hydroxylation sites is 1. The van der Waals surface area contributed by atoms with Gasteiger partial charge in [-0.15, -0.1) is 0 Å². The van der Waals surface area contributed by atoms with Crippen LogP contribution in [0.15, 0.2) is 41.2 Å². The quantitative estimate of drug-likeness (QED) is 0.732. The second-order valence-electron chi connectivity index (χ2n) is 4.59. The average Bonchev–Trinajstić information content (AvgIpc) is 2.49. The zero-order valence-electron chi connectivity index (χ0n) is 10.9. The molecule has 0 saturated heterocycles. The summed E-state index contributed by atoms with van der Waals surface area (Å²) in [6, 6.07) is 7.35. The molecule has 112 valence electrons. The third-order valence-electron chi connectivity index (χ3n) is 3.19. The minimum absolute atomic E-state index is 0.221. The highest BCUT2D eigenvalue weighted by atomic mass is 19.3. The minimum atomic E-state index is -3.13. The summed E-state index contributed by atoms with van der Waals surface area (Å²) in [6.45, 7) is 0. The van der Waals surface area contributed by atoms with Crippen LogP contribution in [0.5, 0.6) is 0 Å². The number of nitrogens with zero attached hydrogens (tertiary/aromatic N) is 1. The molecular formula is C15H8F4N2O. The number of benzene rings is 2. The predicted molar refractivity (Wildman–Crippen MR) is 72.7 cm³/mol. The number of fused-ring (bicyclic) bond motifs is 1. The van der Waals surface area contributed by atoms with Crippen LogP contribution < -0.4 is 5.56 Å². The fraction of sp³-hybridized carbons (Fsp3) is 0.0667. The summed E-state index contributed by atoms with van der Waals surface area (Å²) in [5, 5.41) is 0.288. The molecule has 3 nitrogen and oxygen atoms in total. The first-order valence-electron chi connectivity index (χ1n) is 6.24. The Labute approximate surface area is 121 Å². The number of hydrogen-bond donors (Lipinski definition) is 1. The van der Waals surface area contributed by atoms with Crippen LogP contribution in [0.3, 0.4) is 0 Å². The standard InChI is InChI=1S/C15H8F4N2O/c16-10-6-9(11(17)5-8(10)13(18)19)14-20-12-4-2-1-3-7(12)15(22)21-14/h1-6,13H,(H,20,21,22). The van der Waals surface area contributed by atoms with Crippen molar-refractivity contribution in [2.24, 2.45) is 0 Å². The van der Waals surface area contributed by atoms with E-state index in [0.29, 0.717) is 17.6 Å². The molecule has 22 heavy (non-hydrogen) atoms. The Morgan fingerprint density at radius 3 is 2.50 bits per heavy atom. The summed E-state index contributed by atoms with van der Waals surface area (Å²) in [5.74, 6) is -2.57. The van der Waals surface area contributed by atoms with Gasteiger partial charge in [-0.2, -0.15) is 0 Å². The minimum Gasteiger partial charge on any atom is -0.306 e. The average molecular weight is 308 g/mol. The lowest BCUT2D eigenvalue weighted by molar-refractivity contribution is 0.146. The van der Waals surface area contributed by atoms with E-state index in [0.717, 1.165) is 0 Å². The summed E-state index contributed by atoms with van der Waals surface area (Å²) in [6.07, 6.45) is -3.13. The van der Waals surface area contributed by atoms with Gasteiger partial charge < -0.3 is 4.98 Å². The Balaban J connectivity index is 2.24. The van der Waals surface area contributed by atoms with Crippen molar-refractivity contribution in [3.8, 4) is 11.4 Å². The Morgan fingerprint density at radius 1 is 1.05 bits per heavy atom. The first-order chi connectivity index (χ1) is 10.5. The highest BCUT2D eigenvalue weighted by molar-refractivity contribution is 5.79. The van der Waals surface area contributed by atoms with Gasteiger partial charge >= 0.3 is 0 Å². The maximum absolute atomic E-state index is 13.9. The Hall–Kier alpha value is -2.70. The molecule has 7 heteroatoms. The monoisotopic (exact) mass is 308 g/mol. The zero-order chi connectivity index (χ0) is 15.9. The molecule has 0 unspecified atom stereocenters. The number of halogens is 4. The van der Waals surface area contributed by atoms with Gasteiger partial charge in [0.15, 0.2) is 0 Å². The topological polar surface area (TPSA) is 45.8 Å². The second kappa shape index (κ2) is 5.25. The van der Waals surface area contributed by atoms with Crippen molar-refractivity contribution in [1.29, 1.82) is 0 Å². The molecule has 0 aliphatic rings. The molecule has 0 aliphatic carbocycles. The Morgan fingerprint density at radius 2 is 1.77 bits per heavy atom. The van der Waals surface area contributed by atoms with Crippen LogP contribution in [0, 0.1) is 11.6 Å². The molecule has 0 amide bonds. The number of nitrogens with one attached hydrogen (secondary N) is 1. The molecule has 3 rings (SSSR count). The van der Waals surface area contributed by atoms with E-state index >= 15 is 0 Å². The highest BCUT2D eigenvalue weighted by Gasteiger charge is 2.19. The van der Waals surface area contributed by atoms with Crippen LogP contribution in [0.1, 0.15) is 12.0 Å². The van der Waals surface area contributed by atoms with Crippen LogP contribution >= 0.6 is 0 Å². The van der Waals surface area contributed by atoms with E-state index in [9.17, 15) is 22.4 Å². The van der Waals surface area contributed by atoms with Gasteiger partial charge in [-0.05, 0) is 24.3 Å². The highest BCUT2D eigenvalue weighted by Crippen LogP contribution is 2.28. The summed E-state index contributed by atoms with van der Waals surface area (Å²) < 4.78 is 52.6.